The predicted octanol–water partition coefficient (Wildman–Crippen LogP) is 3.96. The quantitative estimate of drug-likeness (QED) is 0.173. The normalized spacial score (nSPS) is 12.1. The van der Waals surface area contributed by atoms with Gasteiger partial charge in [-0.1, -0.05) is 24.3 Å². The summed E-state index contributed by atoms with van der Waals surface area (Å²) < 4.78 is 24.3. The molecular weight excluding hydrogens is 512 g/mol. The van der Waals surface area contributed by atoms with E-state index in [0.717, 1.165) is 16.9 Å². The molecule has 0 aromatic heterocycles. The van der Waals surface area contributed by atoms with Crippen molar-refractivity contribution < 1.29 is 19.0 Å². The Kier molecular flexibility index (Phi) is 13.1. The largest absolute Gasteiger partial charge is 0.491 e. The Balaban J connectivity index is 0.00000480. The molecule has 172 valence electrons. The maximum atomic E-state index is 13.1. The zero-order chi connectivity index (χ0) is 21.8. The zero-order valence-corrected chi connectivity index (χ0v) is 20.7. The molecule has 0 saturated heterocycles. The van der Waals surface area contributed by atoms with Gasteiger partial charge in [0.15, 0.2) is 5.96 Å². The van der Waals surface area contributed by atoms with Gasteiger partial charge in [0.25, 0.3) is 0 Å². The van der Waals surface area contributed by atoms with Crippen LogP contribution in [0.2, 0.25) is 0 Å². The summed E-state index contributed by atoms with van der Waals surface area (Å²) in [7, 11) is 0. The molecule has 0 aliphatic heterocycles. The number of ether oxygens (including phenoxy) is 2. The number of rotatable bonds is 11. The fourth-order valence-electron chi connectivity index (χ4n) is 2.78. The highest BCUT2D eigenvalue weighted by Gasteiger charge is 2.09. The summed E-state index contributed by atoms with van der Waals surface area (Å²) in [6.07, 6.45) is -0.772. The van der Waals surface area contributed by atoms with E-state index < -0.39 is 6.10 Å². The van der Waals surface area contributed by atoms with E-state index in [-0.39, 0.29) is 36.3 Å². The second-order valence-corrected chi connectivity index (χ2v) is 6.80. The van der Waals surface area contributed by atoms with Crippen LogP contribution in [0.3, 0.4) is 0 Å². The molecule has 0 bridgehead atoms. The number of aliphatic hydroxyl groups excluding tert-OH is 1. The number of nitrogens with zero attached hydrogens (tertiary/aromatic N) is 1. The molecule has 8 heteroatoms. The molecule has 0 radical (unpaired) electrons. The van der Waals surface area contributed by atoms with Gasteiger partial charge in [-0.05, 0) is 50.1 Å². The monoisotopic (exact) mass is 545 g/mol. The maximum Gasteiger partial charge on any atom is 0.191 e. The molecule has 1 unspecified atom stereocenters. The molecule has 0 aliphatic rings. The molecule has 1 atom stereocenters. The van der Waals surface area contributed by atoms with Gasteiger partial charge in [-0.25, -0.2) is 9.38 Å². The SMILES string of the molecule is CCNC(=NCc1ccc(C)cc1OCCOCC)NCC(O)c1ccc(F)cc1.I. The van der Waals surface area contributed by atoms with E-state index in [0.29, 0.717) is 44.4 Å². The van der Waals surface area contributed by atoms with Crippen LogP contribution in [-0.4, -0.2) is 44.0 Å². The van der Waals surface area contributed by atoms with E-state index in [1.165, 1.54) is 12.1 Å². The van der Waals surface area contributed by atoms with Gasteiger partial charge in [0, 0.05) is 25.3 Å². The molecule has 0 amide bonds. The lowest BCUT2D eigenvalue weighted by Crippen LogP contribution is -2.39. The minimum Gasteiger partial charge on any atom is -0.491 e. The number of aryl methyl sites for hydroxylation is 1. The van der Waals surface area contributed by atoms with Crippen LogP contribution in [0.1, 0.15) is 36.6 Å². The van der Waals surface area contributed by atoms with Gasteiger partial charge in [0.1, 0.15) is 18.2 Å². The first-order valence-corrected chi connectivity index (χ1v) is 10.3. The number of aliphatic hydroxyl groups is 1. The van der Waals surface area contributed by atoms with Crippen molar-refractivity contribution in [2.75, 3.05) is 32.9 Å². The molecule has 2 aromatic rings. The number of hydrogen-bond acceptors (Lipinski definition) is 4. The molecule has 3 N–H and O–H groups in total. The number of guanidine groups is 1. The molecule has 0 heterocycles. The Morgan fingerprint density at radius 3 is 2.52 bits per heavy atom. The topological polar surface area (TPSA) is 75.1 Å². The van der Waals surface area contributed by atoms with Gasteiger partial charge < -0.3 is 25.2 Å². The molecule has 2 rings (SSSR count). The first-order chi connectivity index (χ1) is 14.5. The van der Waals surface area contributed by atoms with Crippen molar-refractivity contribution in [1.29, 1.82) is 0 Å². The summed E-state index contributed by atoms with van der Waals surface area (Å²) in [5.41, 5.74) is 2.72. The number of hydrogen-bond donors (Lipinski definition) is 3. The Morgan fingerprint density at radius 1 is 1.10 bits per heavy atom. The lowest BCUT2D eigenvalue weighted by atomic mass is 10.1. The van der Waals surface area contributed by atoms with Crippen LogP contribution in [0, 0.1) is 12.7 Å². The Bertz CT molecular complexity index is 803. The predicted molar refractivity (Wildman–Crippen MR) is 133 cm³/mol. The van der Waals surface area contributed by atoms with Crippen molar-refractivity contribution in [1.82, 2.24) is 10.6 Å². The van der Waals surface area contributed by atoms with Crippen LogP contribution in [0.4, 0.5) is 4.39 Å². The number of benzene rings is 2. The summed E-state index contributed by atoms with van der Waals surface area (Å²) in [6, 6.07) is 11.8. The first kappa shape index (κ1) is 27.1. The fourth-order valence-corrected chi connectivity index (χ4v) is 2.78. The third-order valence-corrected chi connectivity index (χ3v) is 4.38. The van der Waals surface area contributed by atoms with Crippen molar-refractivity contribution in [3.63, 3.8) is 0 Å². The lowest BCUT2D eigenvalue weighted by molar-refractivity contribution is 0.110. The Labute approximate surface area is 201 Å². The van der Waals surface area contributed by atoms with Gasteiger partial charge in [-0.3, -0.25) is 0 Å². The van der Waals surface area contributed by atoms with Crippen molar-refractivity contribution in [3.05, 3.63) is 65.0 Å². The molecule has 6 nitrogen and oxygen atoms in total. The van der Waals surface area contributed by atoms with Crippen molar-refractivity contribution in [3.8, 4) is 5.75 Å². The third kappa shape index (κ3) is 9.84. The second-order valence-electron chi connectivity index (χ2n) is 6.80. The summed E-state index contributed by atoms with van der Waals surface area (Å²) in [6.45, 7) is 8.99. The van der Waals surface area contributed by atoms with Crippen LogP contribution in [-0.2, 0) is 11.3 Å². The molecule has 0 saturated carbocycles. The summed E-state index contributed by atoms with van der Waals surface area (Å²) in [5.74, 6) is 1.05. The molecule has 0 fully saturated rings. The number of aliphatic imine (C=N–C) groups is 1. The van der Waals surface area contributed by atoms with Crippen molar-refractivity contribution >= 4 is 29.9 Å². The smallest absolute Gasteiger partial charge is 0.191 e. The fraction of sp³-hybridized carbons (Fsp3) is 0.435. The maximum absolute atomic E-state index is 13.1. The molecule has 0 spiro atoms. The van der Waals surface area contributed by atoms with Gasteiger partial charge in [-0.15, -0.1) is 24.0 Å². The van der Waals surface area contributed by atoms with Gasteiger partial charge in [0.2, 0.25) is 0 Å². The van der Waals surface area contributed by atoms with Gasteiger partial charge in [-0.2, -0.15) is 0 Å². The average Bonchev–Trinajstić information content (AvgIpc) is 2.74. The Morgan fingerprint density at radius 2 is 1.84 bits per heavy atom. The third-order valence-electron chi connectivity index (χ3n) is 4.38. The van der Waals surface area contributed by atoms with E-state index in [9.17, 15) is 9.50 Å². The lowest BCUT2D eigenvalue weighted by Gasteiger charge is -2.16. The van der Waals surface area contributed by atoms with E-state index in [4.69, 9.17) is 9.47 Å². The van der Waals surface area contributed by atoms with E-state index in [2.05, 4.69) is 15.6 Å². The summed E-state index contributed by atoms with van der Waals surface area (Å²) >= 11 is 0. The highest BCUT2D eigenvalue weighted by Crippen LogP contribution is 2.21. The standard InChI is InChI=1S/C23H32FN3O3.HI/c1-4-25-23(27-16-21(28)18-8-10-20(24)11-9-18)26-15-19-7-6-17(3)14-22(19)30-13-12-29-5-2;/h6-11,14,21,28H,4-5,12-13,15-16H2,1-3H3,(H2,25,26,27);1H. The van der Waals surface area contributed by atoms with Crippen LogP contribution in [0.5, 0.6) is 5.75 Å². The first-order valence-electron chi connectivity index (χ1n) is 10.3. The van der Waals surface area contributed by atoms with Crippen LogP contribution >= 0.6 is 24.0 Å². The average molecular weight is 545 g/mol. The highest BCUT2D eigenvalue weighted by atomic mass is 127. The van der Waals surface area contributed by atoms with Crippen LogP contribution in [0.15, 0.2) is 47.5 Å². The molecule has 0 aliphatic carbocycles. The van der Waals surface area contributed by atoms with Crippen molar-refractivity contribution in [2.45, 2.75) is 33.4 Å². The molecular formula is C23H33FIN3O3. The number of nitrogens with one attached hydrogen (secondary N) is 2. The number of halogens is 2. The minimum absolute atomic E-state index is 0. The van der Waals surface area contributed by atoms with Gasteiger partial charge >= 0.3 is 0 Å². The highest BCUT2D eigenvalue weighted by molar-refractivity contribution is 14.0. The minimum atomic E-state index is -0.772. The van der Waals surface area contributed by atoms with Gasteiger partial charge in [0.05, 0.1) is 19.3 Å². The zero-order valence-electron chi connectivity index (χ0n) is 18.4. The van der Waals surface area contributed by atoms with Crippen molar-refractivity contribution in [2.24, 2.45) is 4.99 Å². The summed E-state index contributed by atoms with van der Waals surface area (Å²) in [4.78, 5) is 4.61. The molecule has 2 aromatic carbocycles. The Hall–Kier alpha value is -1.91. The second kappa shape index (κ2) is 15.0. The van der Waals surface area contributed by atoms with E-state index in [1.54, 1.807) is 12.1 Å². The van der Waals surface area contributed by atoms with E-state index in [1.807, 2.05) is 39.0 Å². The van der Waals surface area contributed by atoms with Crippen LogP contribution < -0.4 is 15.4 Å². The van der Waals surface area contributed by atoms with Crippen LogP contribution in [0.25, 0.3) is 0 Å². The summed E-state index contributed by atoms with van der Waals surface area (Å²) in [5, 5.41) is 16.6. The molecule has 31 heavy (non-hydrogen) atoms. The van der Waals surface area contributed by atoms with E-state index >= 15 is 0 Å².